The summed E-state index contributed by atoms with van der Waals surface area (Å²) >= 11 is 0. The first-order valence-corrected chi connectivity index (χ1v) is 6.60. The molecule has 0 heterocycles. The Labute approximate surface area is 111 Å². The molecule has 0 saturated heterocycles. The summed E-state index contributed by atoms with van der Waals surface area (Å²) in [4.78, 5) is 0. The average Bonchev–Trinajstić information content (AvgIpc) is 2.34. The molecule has 18 heavy (non-hydrogen) atoms. The van der Waals surface area contributed by atoms with Gasteiger partial charge in [-0.1, -0.05) is 31.0 Å². The van der Waals surface area contributed by atoms with Gasteiger partial charge < -0.3 is 15.8 Å². The van der Waals surface area contributed by atoms with Gasteiger partial charge in [-0.05, 0) is 38.9 Å². The molecule has 0 aliphatic rings. The molecule has 102 valence electrons. The Morgan fingerprint density at radius 1 is 1.33 bits per heavy atom. The highest BCUT2D eigenvalue weighted by atomic mass is 16.5. The van der Waals surface area contributed by atoms with Gasteiger partial charge in [0.15, 0.2) is 0 Å². The number of methoxy groups -OCH3 is 1. The fraction of sp³-hybridized carbons (Fsp3) is 0.600. The molecule has 0 aliphatic carbocycles. The first kappa shape index (κ1) is 15.0. The zero-order valence-electron chi connectivity index (χ0n) is 12.2. The van der Waals surface area contributed by atoms with E-state index >= 15 is 0 Å². The van der Waals surface area contributed by atoms with Gasteiger partial charge in [-0.25, -0.2) is 0 Å². The lowest BCUT2D eigenvalue weighted by Crippen LogP contribution is -2.29. The van der Waals surface area contributed by atoms with E-state index in [2.05, 4.69) is 38.2 Å². The molecule has 0 aromatic heterocycles. The van der Waals surface area contributed by atoms with E-state index in [1.807, 2.05) is 7.05 Å². The van der Waals surface area contributed by atoms with Crippen molar-refractivity contribution in [1.82, 2.24) is 5.32 Å². The minimum absolute atomic E-state index is 0.0102. The van der Waals surface area contributed by atoms with Gasteiger partial charge >= 0.3 is 0 Å². The highest BCUT2D eigenvalue weighted by Crippen LogP contribution is 2.33. The number of ether oxygens (including phenoxy) is 1. The van der Waals surface area contributed by atoms with E-state index < -0.39 is 0 Å². The van der Waals surface area contributed by atoms with Crippen LogP contribution >= 0.6 is 0 Å². The Morgan fingerprint density at radius 3 is 2.50 bits per heavy atom. The topological polar surface area (TPSA) is 47.3 Å². The Kier molecular flexibility index (Phi) is 5.63. The van der Waals surface area contributed by atoms with Crippen molar-refractivity contribution in [3.8, 4) is 5.75 Å². The standard InChI is InChI=1S/C15H26N2O/c1-6-12(9-17-4)14(16)13-8-10(2)7-11(3)15(13)18-5/h7-8,12,14,17H,6,9,16H2,1-5H3. The van der Waals surface area contributed by atoms with Gasteiger partial charge in [-0.3, -0.25) is 0 Å². The third-order valence-electron chi connectivity index (χ3n) is 3.51. The number of aryl methyl sites for hydroxylation is 2. The summed E-state index contributed by atoms with van der Waals surface area (Å²) < 4.78 is 5.52. The molecule has 0 saturated carbocycles. The van der Waals surface area contributed by atoms with Crippen molar-refractivity contribution in [2.24, 2.45) is 11.7 Å². The molecular formula is C15H26N2O. The maximum Gasteiger partial charge on any atom is 0.126 e. The van der Waals surface area contributed by atoms with Crippen molar-refractivity contribution < 1.29 is 4.74 Å². The summed E-state index contributed by atoms with van der Waals surface area (Å²) in [6, 6.07) is 4.29. The van der Waals surface area contributed by atoms with Crippen LogP contribution in [0.1, 0.15) is 36.1 Å². The van der Waals surface area contributed by atoms with E-state index in [-0.39, 0.29) is 6.04 Å². The smallest absolute Gasteiger partial charge is 0.126 e. The van der Waals surface area contributed by atoms with Crippen molar-refractivity contribution in [2.45, 2.75) is 33.2 Å². The highest BCUT2D eigenvalue weighted by molar-refractivity contribution is 5.45. The van der Waals surface area contributed by atoms with Gasteiger partial charge in [0.25, 0.3) is 0 Å². The van der Waals surface area contributed by atoms with Crippen LogP contribution < -0.4 is 15.8 Å². The molecule has 1 aromatic rings. The maximum atomic E-state index is 6.43. The van der Waals surface area contributed by atoms with Gasteiger partial charge in [-0.2, -0.15) is 0 Å². The molecule has 3 nitrogen and oxygen atoms in total. The summed E-state index contributed by atoms with van der Waals surface area (Å²) in [5, 5.41) is 3.22. The summed E-state index contributed by atoms with van der Waals surface area (Å²) in [5.41, 5.74) is 9.94. The number of hydrogen-bond acceptors (Lipinski definition) is 3. The lowest BCUT2D eigenvalue weighted by molar-refractivity contribution is 0.369. The van der Waals surface area contributed by atoms with Crippen LogP contribution in [0.3, 0.4) is 0 Å². The quantitative estimate of drug-likeness (QED) is 0.815. The normalized spacial score (nSPS) is 14.3. The SMILES string of the molecule is CCC(CNC)C(N)c1cc(C)cc(C)c1OC. The van der Waals surface area contributed by atoms with Crippen LogP contribution in [0, 0.1) is 19.8 Å². The number of nitrogens with one attached hydrogen (secondary N) is 1. The van der Waals surface area contributed by atoms with Crippen LogP contribution in [0.4, 0.5) is 0 Å². The predicted molar refractivity (Wildman–Crippen MR) is 77.1 cm³/mol. The molecule has 1 rings (SSSR count). The third-order valence-corrected chi connectivity index (χ3v) is 3.51. The number of nitrogens with two attached hydrogens (primary N) is 1. The monoisotopic (exact) mass is 250 g/mol. The average molecular weight is 250 g/mol. The van der Waals surface area contributed by atoms with Crippen LogP contribution in [-0.2, 0) is 0 Å². The van der Waals surface area contributed by atoms with Crippen molar-refractivity contribution in [1.29, 1.82) is 0 Å². The van der Waals surface area contributed by atoms with Gasteiger partial charge in [0, 0.05) is 11.6 Å². The summed E-state index contributed by atoms with van der Waals surface area (Å²) in [6.07, 6.45) is 1.05. The molecule has 3 heteroatoms. The lowest BCUT2D eigenvalue weighted by atomic mass is 9.89. The zero-order chi connectivity index (χ0) is 13.7. The molecule has 0 bridgehead atoms. The summed E-state index contributed by atoms with van der Waals surface area (Å²) in [7, 11) is 3.68. The third kappa shape index (κ3) is 3.24. The molecule has 0 fully saturated rings. The van der Waals surface area contributed by atoms with E-state index in [0.717, 1.165) is 29.8 Å². The van der Waals surface area contributed by atoms with Crippen molar-refractivity contribution >= 4 is 0 Å². The molecule has 0 radical (unpaired) electrons. The predicted octanol–water partition coefficient (Wildman–Crippen LogP) is 2.56. The van der Waals surface area contributed by atoms with Gasteiger partial charge in [0.2, 0.25) is 0 Å². The first-order chi connectivity index (χ1) is 8.54. The number of rotatable bonds is 6. The van der Waals surface area contributed by atoms with Crippen molar-refractivity contribution in [3.63, 3.8) is 0 Å². The molecule has 1 aromatic carbocycles. The molecule has 0 aliphatic heterocycles. The molecule has 0 spiro atoms. The molecular weight excluding hydrogens is 224 g/mol. The van der Waals surface area contributed by atoms with Crippen LogP contribution in [0.25, 0.3) is 0 Å². The zero-order valence-corrected chi connectivity index (χ0v) is 12.2. The second-order valence-electron chi connectivity index (χ2n) is 4.96. The van der Waals surface area contributed by atoms with Gasteiger partial charge in [-0.15, -0.1) is 0 Å². The fourth-order valence-corrected chi connectivity index (χ4v) is 2.56. The molecule has 3 N–H and O–H groups in total. The van der Waals surface area contributed by atoms with Crippen molar-refractivity contribution in [3.05, 3.63) is 28.8 Å². The van der Waals surface area contributed by atoms with E-state index in [1.54, 1.807) is 7.11 Å². The molecule has 2 atom stereocenters. The summed E-state index contributed by atoms with van der Waals surface area (Å²) in [5.74, 6) is 1.35. The minimum Gasteiger partial charge on any atom is -0.496 e. The summed E-state index contributed by atoms with van der Waals surface area (Å²) in [6.45, 7) is 7.27. The Hall–Kier alpha value is -1.06. The maximum absolute atomic E-state index is 6.43. The number of benzene rings is 1. The van der Waals surface area contributed by atoms with E-state index in [0.29, 0.717) is 5.92 Å². The van der Waals surface area contributed by atoms with E-state index in [4.69, 9.17) is 10.5 Å². The Bertz CT molecular complexity index is 390. The lowest BCUT2D eigenvalue weighted by Gasteiger charge is -2.25. The second kappa shape index (κ2) is 6.76. The highest BCUT2D eigenvalue weighted by Gasteiger charge is 2.21. The molecule has 2 unspecified atom stereocenters. The van der Waals surface area contributed by atoms with Gasteiger partial charge in [0.1, 0.15) is 5.75 Å². The molecule has 0 amide bonds. The van der Waals surface area contributed by atoms with Crippen LogP contribution in [0.2, 0.25) is 0 Å². The largest absolute Gasteiger partial charge is 0.496 e. The second-order valence-corrected chi connectivity index (χ2v) is 4.96. The fourth-order valence-electron chi connectivity index (χ4n) is 2.56. The Balaban J connectivity index is 3.13. The van der Waals surface area contributed by atoms with E-state index in [1.165, 1.54) is 5.56 Å². The first-order valence-electron chi connectivity index (χ1n) is 6.60. The van der Waals surface area contributed by atoms with Gasteiger partial charge in [0.05, 0.1) is 7.11 Å². The van der Waals surface area contributed by atoms with E-state index in [9.17, 15) is 0 Å². The Morgan fingerprint density at radius 2 is 2.00 bits per heavy atom. The minimum atomic E-state index is 0.0102. The van der Waals surface area contributed by atoms with Crippen LogP contribution in [-0.4, -0.2) is 20.7 Å². The van der Waals surface area contributed by atoms with Crippen molar-refractivity contribution in [2.75, 3.05) is 20.7 Å². The van der Waals surface area contributed by atoms with Crippen LogP contribution in [0.5, 0.6) is 5.75 Å². The number of hydrogen-bond donors (Lipinski definition) is 2. The van der Waals surface area contributed by atoms with Crippen LogP contribution in [0.15, 0.2) is 12.1 Å².